The molecular weight excluding hydrogens is 429 g/mol. The highest BCUT2D eigenvalue weighted by molar-refractivity contribution is 6.30. The summed E-state index contributed by atoms with van der Waals surface area (Å²) in [5.74, 6) is -0.887. The third kappa shape index (κ3) is 4.13. The van der Waals surface area contributed by atoms with Crippen molar-refractivity contribution in [3.05, 3.63) is 101 Å². The molecule has 0 saturated carbocycles. The Hall–Kier alpha value is -3.90. The van der Waals surface area contributed by atoms with Crippen molar-refractivity contribution in [3.8, 4) is 11.1 Å². The Bertz CT molecular complexity index is 1430. The van der Waals surface area contributed by atoms with Crippen LogP contribution in [-0.2, 0) is 11.8 Å². The van der Waals surface area contributed by atoms with Crippen LogP contribution in [0.15, 0.2) is 84.3 Å². The molecule has 0 atom stereocenters. The average molecular weight is 448 g/mol. The van der Waals surface area contributed by atoms with Crippen LogP contribution in [0.2, 0.25) is 5.02 Å². The number of pyridine rings is 1. The Labute approximate surface area is 188 Å². The third-order valence-corrected chi connectivity index (χ3v) is 5.36. The Kier molecular flexibility index (Phi) is 5.79. The fourth-order valence-corrected chi connectivity index (χ4v) is 3.62. The second-order valence-electron chi connectivity index (χ2n) is 7.21. The van der Waals surface area contributed by atoms with Crippen LogP contribution in [-0.4, -0.2) is 10.5 Å². The summed E-state index contributed by atoms with van der Waals surface area (Å²) >= 11 is 5.81. The van der Waals surface area contributed by atoms with E-state index in [4.69, 9.17) is 11.6 Å². The maximum atomic E-state index is 14.0. The Morgan fingerprint density at radius 3 is 2.47 bits per heavy atom. The number of benzene rings is 3. The first-order chi connectivity index (χ1) is 15.4. The lowest BCUT2D eigenvalue weighted by Crippen LogP contribution is -2.16. The van der Waals surface area contributed by atoms with Gasteiger partial charge in [0.1, 0.15) is 5.82 Å². The lowest BCUT2D eigenvalue weighted by Gasteiger charge is -2.17. The molecule has 5 nitrogen and oxygen atoms in total. The van der Waals surface area contributed by atoms with Gasteiger partial charge < -0.3 is 15.2 Å². The minimum Gasteiger partial charge on any atom is -0.355 e. The molecule has 7 heteroatoms. The van der Waals surface area contributed by atoms with Crippen molar-refractivity contribution < 1.29 is 9.18 Å². The zero-order valence-electron chi connectivity index (χ0n) is 17.2. The minimum absolute atomic E-state index is 0.0299. The Balaban J connectivity index is 1.93. The molecule has 0 unspecified atom stereocenters. The van der Waals surface area contributed by atoms with Crippen LogP contribution in [0.1, 0.15) is 0 Å². The van der Waals surface area contributed by atoms with E-state index in [0.717, 1.165) is 10.9 Å². The smallest absolute Gasteiger partial charge is 0.258 e. The number of aryl methyl sites for hydroxylation is 1. The van der Waals surface area contributed by atoms with Crippen molar-refractivity contribution in [2.45, 2.75) is 0 Å². The molecule has 0 saturated heterocycles. The van der Waals surface area contributed by atoms with Gasteiger partial charge in [0.15, 0.2) is 0 Å². The summed E-state index contributed by atoms with van der Waals surface area (Å²) in [5.41, 5.74) is 3.09. The Morgan fingerprint density at radius 2 is 1.75 bits per heavy atom. The first-order valence-electron chi connectivity index (χ1n) is 9.75. The van der Waals surface area contributed by atoms with Crippen LogP contribution in [0.5, 0.6) is 0 Å². The topological polar surface area (TPSA) is 63.1 Å². The number of carbonyl (C=O) groups is 1. The van der Waals surface area contributed by atoms with Gasteiger partial charge >= 0.3 is 0 Å². The number of halogens is 2. The number of nitrogens with zero attached hydrogens (tertiary/aromatic N) is 1. The van der Waals surface area contributed by atoms with Gasteiger partial charge in [0.05, 0.1) is 5.02 Å². The number of hydrogen-bond donors (Lipinski definition) is 2. The van der Waals surface area contributed by atoms with Gasteiger partial charge in [-0.2, -0.15) is 0 Å². The first kappa shape index (κ1) is 21.3. The van der Waals surface area contributed by atoms with Crippen LogP contribution in [0.3, 0.4) is 0 Å². The highest BCUT2D eigenvalue weighted by atomic mass is 35.5. The van der Waals surface area contributed by atoms with Gasteiger partial charge in [-0.3, -0.25) is 9.59 Å². The van der Waals surface area contributed by atoms with E-state index in [1.165, 1.54) is 22.8 Å². The van der Waals surface area contributed by atoms with E-state index in [9.17, 15) is 14.0 Å². The number of hydrogen-bond acceptors (Lipinski definition) is 3. The lowest BCUT2D eigenvalue weighted by atomic mass is 9.98. The first-order valence-corrected chi connectivity index (χ1v) is 10.1. The van der Waals surface area contributed by atoms with Crippen LogP contribution in [0, 0.1) is 5.82 Å². The second-order valence-corrected chi connectivity index (χ2v) is 7.62. The molecule has 4 aromatic rings. The van der Waals surface area contributed by atoms with Crippen molar-refractivity contribution in [1.82, 2.24) is 4.57 Å². The van der Waals surface area contributed by atoms with Gasteiger partial charge in [0.25, 0.3) is 5.56 Å². The van der Waals surface area contributed by atoms with Gasteiger partial charge in [-0.15, -0.1) is 0 Å². The van der Waals surface area contributed by atoms with Gasteiger partial charge in [-0.25, -0.2) is 4.39 Å². The van der Waals surface area contributed by atoms with Crippen LogP contribution in [0.25, 0.3) is 21.9 Å². The molecule has 32 heavy (non-hydrogen) atoms. The summed E-state index contributed by atoms with van der Waals surface area (Å²) in [7, 11) is 1.68. The predicted molar refractivity (Wildman–Crippen MR) is 128 cm³/mol. The number of anilines is 3. The average Bonchev–Trinajstić information content (AvgIpc) is 2.79. The molecule has 160 valence electrons. The van der Waals surface area contributed by atoms with Crippen molar-refractivity contribution in [1.29, 1.82) is 0 Å². The molecule has 4 rings (SSSR count). The maximum Gasteiger partial charge on any atom is 0.258 e. The van der Waals surface area contributed by atoms with Gasteiger partial charge in [-0.05, 0) is 53.9 Å². The van der Waals surface area contributed by atoms with Crippen LogP contribution < -0.4 is 16.2 Å². The molecule has 0 aliphatic heterocycles. The van der Waals surface area contributed by atoms with E-state index in [-0.39, 0.29) is 16.5 Å². The summed E-state index contributed by atoms with van der Waals surface area (Å²) in [5, 5.41) is 7.32. The normalized spacial score (nSPS) is 10.7. The molecular formula is C25H19ClFN3O2. The van der Waals surface area contributed by atoms with Crippen molar-refractivity contribution in [2.24, 2.45) is 7.05 Å². The summed E-state index contributed by atoms with van der Waals surface area (Å²) in [6, 6.07) is 17.0. The molecule has 0 spiro atoms. The summed E-state index contributed by atoms with van der Waals surface area (Å²) in [6.07, 6.45) is 2.93. The van der Waals surface area contributed by atoms with E-state index >= 15 is 0 Å². The van der Waals surface area contributed by atoms with Crippen LogP contribution >= 0.6 is 11.6 Å². The molecule has 0 radical (unpaired) electrons. The quantitative estimate of drug-likeness (QED) is 0.376. The molecule has 3 aromatic carbocycles. The number of fused-ring (bicyclic) bond motifs is 1. The number of amides is 1. The molecule has 1 heterocycles. The fraction of sp³-hybridized carbons (Fsp3) is 0.0400. The molecule has 2 N–H and O–H groups in total. The highest BCUT2D eigenvalue weighted by Crippen LogP contribution is 2.36. The zero-order chi connectivity index (χ0) is 22.8. The number of rotatable bonds is 5. The molecule has 0 bridgehead atoms. The van der Waals surface area contributed by atoms with Crippen molar-refractivity contribution in [2.75, 3.05) is 10.6 Å². The van der Waals surface area contributed by atoms with Crippen LogP contribution in [0.4, 0.5) is 21.5 Å². The van der Waals surface area contributed by atoms with Crippen molar-refractivity contribution in [3.63, 3.8) is 0 Å². The Morgan fingerprint density at radius 1 is 1.03 bits per heavy atom. The summed E-state index contributed by atoms with van der Waals surface area (Å²) in [6.45, 7) is 3.48. The van der Waals surface area contributed by atoms with E-state index in [1.54, 1.807) is 43.6 Å². The predicted octanol–water partition coefficient (Wildman–Crippen LogP) is 5.87. The SMILES string of the molecule is C=CC(=O)Nc1ccc(Nc2ccc(Cl)c(F)c2)c(-c2cn(C)c(=O)c3ccccc23)c1. The van der Waals surface area contributed by atoms with Gasteiger partial charge in [-0.1, -0.05) is 36.4 Å². The van der Waals surface area contributed by atoms with E-state index < -0.39 is 5.82 Å². The highest BCUT2D eigenvalue weighted by Gasteiger charge is 2.14. The largest absolute Gasteiger partial charge is 0.355 e. The van der Waals surface area contributed by atoms with Gasteiger partial charge in [0.2, 0.25) is 5.91 Å². The van der Waals surface area contributed by atoms with E-state index in [0.29, 0.717) is 28.0 Å². The molecule has 0 aliphatic carbocycles. The monoisotopic (exact) mass is 447 g/mol. The number of nitrogens with one attached hydrogen (secondary N) is 2. The number of carbonyl (C=O) groups excluding carboxylic acids is 1. The summed E-state index contributed by atoms with van der Waals surface area (Å²) in [4.78, 5) is 24.5. The minimum atomic E-state index is -0.541. The fourth-order valence-electron chi connectivity index (χ4n) is 3.51. The lowest BCUT2D eigenvalue weighted by molar-refractivity contribution is -0.111. The van der Waals surface area contributed by atoms with E-state index in [2.05, 4.69) is 17.2 Å². The van der Waals surface area contributed by atoms with Crippen molar-refractivity contribution >= 4 is 45.3 Å². The molecule has 0 aliphatic rings. The third-order valence-electron chi connectivity index (χ3n) is 5.05. The van der Waals surface area contributed by atoms with Gasteiger partial charge in [0, 0.05) is 46.8 Å². The second kappa shape index (κ2) is 8.69. The zero-order valence-corrected chi connectivity index (χ0v) is 17.9. The molecule has 1 aromatic heterocycles. The molecule has 1 amide bonds. The van der Waals surface area contributed by atoms with E-state index in [1.807, 2.05) is 18.2 Å². The number of aromatic nitrogens is 1. The summed E-state index contributed by atoms with van der Waals surface area (Å²) < 4.78 is 15.5. The standard InChI is InChI=1S/C25H19ClFN3O2/c1-3-24(31)29-15-9-11-23(28-16-8-10-21(26)22(27)13-16)19(12-15)20-14-30(2)25(32)18-7-5-4-6-17(18)20/h3-14,28H,1H2,2H3,(H,29,31). The molecule has 0 fully saturated rings. The maximum absolute atomic E-state index is 14.0.